The summed E-state index contributed by atoms with van der Waals surface area (Å²) in [7, 11) is 0. The molecule has 2 rings (SSSR count). The Morgan fingerprint density at radius 1 is 1.18 bits per heavy atom. The predicted octanol–water partition coefficient (Wildman–Crippen LogP) is 4.09. The number of benzene rings is 1. The first-order valence-corrected chi connectivity index (χ1v) is 7.50. The van der Waals surface area contributed by atoms with Gasteiger partial charge in [-0.15, -0.1) is 11.8 Å². The van der Waals surface area contributed by atoms with Crippen LogP contribution >= 0.6 is 11.8 Å². The summed E-state index contributed by atoms with van der Waals surface area (Å²) in [5, 5.41) is 10.5. The highest BCUT2D eigenvalue weighted by molar-refractivity contribution is 7.99. The van der Waals surface area contributed by atoms with E-state index in [2.05, 4.69) is 32.0 Å². The second kappa shape index (κ2) is 5.45. The molecule has 1 aromatic carbocycles. The van der Waals surface area contributed by atoms with Crippen LogP contribution in [-0.4, -0.2) is 16.5 Å². The van der Waals surface area contributed by atoms with Crippen LogP contribution < -0.4 is 0 Å². The second-order valence-electron chi connectivity index (χ2n) is 5.34. The highest BCUT2D eigenvalue weighted by Crippen LogP contribution is 2.34. The van der Waals surface area contributed by atoms with Crippen LogP contribution in [0.1, 0.15) is 43.2 Å². The van der Waals surface area contributed by atoms with Gasteiger partial charge in [0.1, 0.15) is 0 Å². The van der Waals surface area contributed by atoms with E-state index in [4.69, 9.17) is 0 Å². The van der Waals surface area contributed by atoms with Crippen molar-refractivity contribution >= 4 is 11.8 Å². The fraction of sp³-hybridized carbons (Fsp3) is 0.600. The zero-order valence-electron chi connectivity index (χ0n) is 10.8. The smallest absolute Gasteiger partial charge is 0.0741 e. The molecule has 2 heteroatoms. The standard InChI is InChI=1S/C15H22OS/c1-12-6-7-14(13(2)10-12)17-11-15(16)8-4-3-5-9-15/h6-7,10,16H,3-5,8-9,11H2,1-2H3. The van der Waals surface area contributed by atoms with Crippen LogP contribution in [0.25, 0.3) is 0 Å². The highest BCUT2D eigenvalue weighted by atomic mass is 32.2. The lowest BCUT2D eigenvalue weighted by Crippen LogP contribution is -2.33. The van der Waals surface area contributed by atoms with Gasteiger partial charge in [-0.3, -0.25) is 0 Å². The van der Waals surface area contributed by atoms with Crippen molar-refractivity contribution in [3.05, 3.63) is 29.3 Å². The lowest BCUT2D eigenvalue weighted by Gasteiger charge is -2.31. The molecule has 0 saturated heterocycles. The van der Waals surface area contributed by atoms with Gasteiger partial charge in [0.05, 0.1) is 5.60 Å². The molecule has 94 valence electrons. The van der Waals surface area contributed by atoms with Crippen LogP contribution in [0.2, 0.25) is 0 Å². The first-order valence-electron chi connectivity index (χ1n) is 6.52. The summed E-state index contributed by atoms with van der Waals surface area (Å²) in [6.45, 7) is 4.27. The van der Waals surface area contributed by atoms with E-state index in [0.717, 1.165) is 18.6 Å². The fourth-order valence-electron chi connectivity index (χ4n) is 2.53. The minimum Gasteiger partial charge on any atom is -0.389 e. The molecule has 1 nitrogen and oxygen atoms in total. The minimum atomic E-state index is -0.416. The quantitative estimate of drug-likeness (QED) is 0.815. The molecule has 0 radical (unpaired) electrons. The molecule has 1 N–H and O–H groups in total. The molecule has 1 saturated carbocycles. The molecule has 0 bridgehead atoms. The van der Waals surface area contributed by atoms with E-state index >= 15 is 0 Å². The molecule has 0 aliphatic heterocycles. The number of aryl methyl sites for hydroxylation is 2. The van der Waals surface area contributed by atoms with Crippen LogP contribution in [0.15, 0.2) is 23.1 Å². The first-order chi connectivity index (χ1) is 8.09. The number of hydrogen-bond donors (Lipinski definition) is 1. The van der Waals surface area contributed by atoms with Crippen molar-refractivity contribution in [1.82, 2.24) is 0 Å². The molecule has 0 amide bonds. The average molecular weight is 250 g/mol. The third-order valence-electron chi connectivity index (χ3n) is 3.61. The minimum absolute atomic E-state index is 0.416. The van der Waals surface area contributed by atoms with Gasteiger partial charge >= 0.3 is 0 Å². The molecule has 0 atom stereocenters. The normalized spacial score (nSPS) is 19.2. The summed E-state index contributed by atoms with van der Waals surface area (Å²) in [5.74, 6) is 0.844. The molecule has 1 aliphatic carbocycles. The molecular formula is C15H22OS. The molecule has 0 heterocycles. The Morgan fingerprint density at radius 3 is 2.53 bits per heavy atom. The fourth-order valence-corrected chi connectivity index (χ4v) is 3.69. The topological polar surface area (TPSA) is 20.2 Å². The van der Waals surface area contributed by atoms with Gasteiger partial charge in [-0.25, -0.2) is 0 Å². The number of thioether (sulfide) groups is 1. The Balaban J connectivity index is 1.97. The van der Waals surface area contributed by atoms with Crippen molar-refractivity contribution < 1.29 is 5.11 Å². The molecule has 17 heavy (non-hydrogen) atoms. The Morgan fingerprint density at radius 2 is 1.88 bits per heavy atom. The van der Waals surface area contributed by atoms with E-state index in [0.29, 0.717) is 0 Å². The Labute approximate surface area is 109 Å². The summed E-state index contributed by atoms with van der Waals surface area (Å²) >= 11 is 1.81. The van der Waals surface area contributed by atoms with Gasteiger partial charge in [0.2, 0.25) is 0 Å². The molecule has 0 unspecified atom stereocenters. The number of hydrogen-bond acceptors (Lipinski definition) is 2. The molecule has 0 aromatic heterocycles. The van der Waals surface area contributed by atoms with Crippen molar-refractivity contribution in [3.63, 3.8) is 0 Å². The third kappa shape index (κ3) is 3.49. The van der Waals surface area contributed by atoms with Crippen LogP contribution in [0, 0.1) is 13.8 Å². The average Bonchev–Trinajstić information content (AvgIpc) is 2.29. The summed E-state index contributed by atoms with van der Waals surface area (Å²) in [5.41, 5.74) is 2.22. The van der Waals surface area contributed by atoms with Gasteiger partial charge in [-0.05, 0) is 38.3 Å². The Hall–Kier alpha value is -0.470. The summed E-state index contributed by atoms with van der Waals surface area (Å²) in [4.78, 5) is 1.31. The highest BCUT2D eigenvalue weighted by Gasteiger charge is 2.29. The van der Waals surface area contributed by atoms with E-state index in [-0.39, 0.29) is 0 Å². The van der Waals surface area contributed by atoms with Crippen molar-refractivity contribution in [2.75, 3.05) is 5.75 Å². The maximum atomic E-state index is 10.5. The van der Waals surface area contributed by atoms with E-state index in [9.17, 15) is 5.11 Å². The lowest BCUT2D eigenvalue weighted by molar-refractivity contribution is 0.0273. The van der Waals surface area contributed by atoms with Crippen LogP contribution in [0.3, 0.4) is 0 Å². The lowest BCUT2D eigenvalue weighted by atomic mass is 9.86. The van der Waals surface area contributed by atoms with Gasteiger partial charge in [0.25, 0.3) is 0 Å². The summed E-state index contributed by atoms with van der Waals surface area (Å²) in [6.07, 6.45) is 5.61. The maximum absolute atomic E-state index is 10.5. The number of aliphatic hydroxyl groups is 1. The van der Waals surface area contributed by atoms with Gasteiger partial charge in [-0.2, -0.15) is 0 Å². The van der Waals surface area contributed by atoms with Crippen molar-refractivity contribution in [1.29, 1.82) is 0 Å². The van der Waals surface area contributed by atoms with Crippen molar-refractivity contribution in [2.45, 2.75) is 56.4 Å². The van der Waals surface area contributed by atoms with Gasteiger partial charge in [0.15, 0.2) is 0 Å². The van der Waals surface area contributed by atoms with Crippen LogP contribution in [0.4, 0.5) is 0 Å². The monoisotopic (exact) mass is 250 g/mol. The van der Waals surface area contributed by atoms with E-state index in [1.54, 1.807) is 0 Å². The summed E-state index contributed by atoms with van der Waals surface area (Å²) < 4.78 is 0. The van der Waals surface area contributed by atoms with E-state index < -0.39 is 5.60 Å². The molecule has 1 aromatic rings. The van der Waals surface area contributed by atoms with E-state index in [1.165, 1.54) is 35.3 Å². The molecule has 1 fully saturated rings. The summed E-state index contributed by atoms with van der Waals surface area (Å²) in [6, 6.07) is 6.55. The van der Waals surface area contributed by atoms with Crippen molar-refractivity contribution in [2.24, 2.45) is 0 Å². The molecule has 0 spiro atoms. The van der Waals surface area contributed by atoms with E-state index in [1.807, 2.05) is 11.8 Å². The van der Waals surface area contributed by atoms with Crippen molar-refractivity contribution in [3.8, 4) is 0 Å². The Kier molecular flexibility index (Phi) is 4.16. The molecular weight excluding hydrogens is 228 g/mol. The maximum Gasteiger partial charge on any atom is 0.0741 e. The predicted molar refractivity (Wildman–Crippen MR) is 74.7 cm³/mol. The second-order valence-corrected chi connectivity index (χ2v) is 6.36. The molecule has 1 aliphatic rings. The zero-order chi connectivity index (χ0) is 12.3. The van der Waals surface area contributed by atoms with Gasteiger partial charge in [-0.1, -0.05) is 37.0 Å². The van der Waals surface area contributed by atoms with Crippen LogP contribution in [-0.2, 0) is 0 Å². The number of rotatable bonds is 3. The van der Waals surface area contributed by atoms with Gasteiger partial charge in [0, 0.05) is 10.6 Å². The van der Waals surface area contributed by atoms with Gasteiger partial charge < -0.3 is 5.11 Å². The third-order valence-corrected chi connectivity index (χ3v) is 5.06. The van der Waals surface area contributed by atoms with Crippen LogP contribution in [0.5, 0.6) is 0 Å². The largest absolute Gasteiger partial charge is 0.389 e. The SMILES string of the molecule is Cc1ccc(SCC2(O)CCCCC2)c(C)c1. The Bertz CT molecular complexity index is 381. The zero-order valence-corrected chi connectivity index (χ0v) is 11.6. The first kappa shape index (κ1) is 13.0.